The molecule has 1 fully saturated rings. The van der Waals surface area contributed by atoms with Crippen LogP contribution in [0.2, 0.25) is 0 Å². The number of anilines is 1. The molecule has 0 spiro atoms. The van der Waals surface area contributed by atoms with Crippen molar-refractivity contribution < 1.29 is 0 Å². The third kappa shape index (κ3) is 2.46. The molecule has 0 saturated carbocycles. The van der Waals surface area contributed by atoms with Crippen molar-refractivity contribution in [1.82, 2.24) is 9.88 Å². The number of nitrogens with zero attached hydrogens (tertiary/aromatic N) is 3. The van der Waals surface area contributed by atoms with Gasteiger partial charge in [-0.25, -0.2) is 4.98 Å². The molecule has 0 bridgehead atoms. The van der Waals surface area contributed by atoms with Crippen LogP contribution < -0.4 is 10.6 Å². The van der Waals surface area contributed by atoms with E-state index in [2.05, 4.69) is 27.9 Å². The van der Waals surface area contributed by atoms with Crippen LogP contribution in [0.25, 0.3) is 0 Å². The Balaban J connectivity index is 2.08. The van der Waals surface area contributed by atoms with Gasteiger partial charge in [0.1, 0.15) is 5.82 Å². The maximum atomic E-state index is 5.62. The first-order valence-electron chi connectivity index (χ1n) is 5.38. The fourth-order valence-electron chi connectivity index (χ4n) is 1.80. The molecule has 0 radical (unpaired) electrons. The molecular formula is C11H18N4. The monoisotopic (exact) mass is 206 g/mol. The lowest BCUT2D eigenvalue weighted by Gasteiger charge is -2.33. The second kappa shape index (κ2) is 4.59. The fraction of sp³-hybridized carbons (Fsp3) is 0.545. The van der Waals surface area contributed by atoms with E-state index in [9.17, 15) is 0 Å². The first-order chi connectivity index (χ1) is 7.29. The third-order valence-corrected chi connectivity index (χ3v) is 2.87. The molecule has 1 saturated heterocycles. The zero-order chi connectivity index (χ0) is 10.7. The van der Waals surface area contributed by atoms with Gasteiger partial charge in [-0.3, -0.25) is 0 Å². The summed E-state index contributed by atoms with van der Waals surface area (Å²) in [5.74, 6) is 1.06. The number of hydrogen-bond donors (Lipinski definition) is 1. The van der Waals surface area contributed by atoms with Gasteiger partial charge in [-0.1, -0.05) is 0 Å². The maximum Gasteiger partial charge on any atom is 0.128 e. The van der Waals surface area contributed by atoms with Gasteiger partial charge >= 0.3 is 0 Å². The summed E-state index contributed by atoms with van der Waals surface area (Å²) < 4.78 is 0. The SMILES string of the molecule is CN1CCN(c2cc(CN)ccn2)CC1. The van der Waals surface area contributed by atoms with Crippen LogP contribution in [0.15, 0.2) is 18.3 Å². The Bertz CT molecular complexity index is 318. The van der Waals surface area contributed by atoms with Gasteiger partial charge in [-0.2, -0.15) is 0 Å². The number of likely N-dealkylation sites (N-methyl/N-ethyl adjacent to an activating group) is 1. The Labute approximate surface area is 90.7 Å². The Morgan fingerprint density at radius 1 is 1.33 bits per heavy atom. The first-order valence-corrected chi connectivity index (χ1v) is 5.38. The Hall–Kier alpha value is -1.13. The number of piperazine rings is 1. The van der Waals surface area contributed by atoms with Crippen molar-refractivity contribution in [2.24, 2.45) is 5.73 Å². The number of aromatic nitrogens is 1. The van der Waals surface area contributed by atoms with E-state index < -0.39 is 0 Å². The summed E-state index contributed by atoms with van der Waals surface area (Å²) in [5, 5.41) is 0. The molecule has 2 heterocycles. The third-order valence-electron chi connectivity index (χ3n) is 2.87. The van der Waals surface area contributed by atoms with Gasteiger partial charge in [0, 0.05) is 38.9 Å². The maximum absolute atomic E-state index is 5.62. The van der Waals surface area contributed by atoms with Gasteiger partial charge in [-0.15, -0.1) is 0 Å². The van der Waals surface area contributed by atoms with E-state index in [1.54, 1.807) is 0 Å². The summed E-state index contributed by atoms with van der Waals surface area (Å²) in [6.07, 6.45) is 1.84. The van der Waals surface area contributed by atoms with Crippen LogP contribution in [0, 0.1) is 0 Å². The molecule has 2 rings (SSSR count). The summed E-state index contributed by atoms with van der Waals surface area (Å²) in [7, 11) is 2.15. The minimum Gasteiger partial charge on any atom is -0.354 e. The lowest BCUT2D eigenvalue weighted by Crippen LogP contribution is -2.44. The van der Waals surface area contributed by atoms with E-state index in [0.29, 0.717) is 6.54 Å². The molecule has 1 aromatic rings. The highest BCUT2D eigenvalue weighted by Gasteiger charge is 2.14. The van der Waals surface area contributed by atoms with Crippen molar-refractivity contribution in [1.29, 1.82) is 0 Å². The topological polar surface area (TPSA) is 45.4 Å². The summed E-state index contributed by atoms with van der Waals surface area (Å²) in [6.45, 7) is 4.90. The van der Waals surface area contributed by atoms with E-state index in [-0.39, 0.29) is 0 Å². The summed E-state index contributed by atoms with van der Waals surface area (Å²) >= 11 is 0. The van der Waals surface area contributed by atoms with Crippen LogP contribution in [-0.2, 0) is 6.54 Å². The van der Waals surface area contributed by atoms with Crippen LogP contribution in [-0.4, -0.2) is 43.1 Å². The molecule has 0 aromatic carbocycles. The molecule has 1 aliphatic rings. The van der Waals surface area contributed by atoms with Crippen LogP contribution in [0.3, 0.4) is 0 Å². The van der Waals surface area contributed by atoms with E-state index in [1.807, 2.05) is 12.3 Å². The number of hydrogen-bond acceptors (Lipinski definition) is 4. The zero-order valence-electron chi connectivity index (χ0n) is 9.19. The molecule has 0 unspecified atom stereocenters. The van der Waals surface area contributed by atoms with Crippen molar-refractivity contribution in [2.75, 3.05) is 38.1 Å². The minimum atomic E-state index is 0.587. The van der Waals surface area contributed by atoms with E-state index >= 15 is 0 Å². The van der Waals surface area contributed by atoms with E-state index in [0.717, 1.165) is 37.6 Å². The Morgan fingerprint density at radius 3 is 2.73 bits per heavy atom. The van der Waals surface area contributed by atoms with Crippen LogP contribution in [0.4, 0.5) is 5.82 Å². The number of nitrogens with two attached hydrogens (primary N) is 1. The second-order valence-corrected chi connectivity index (χ2v) is 4.02. The predicted octanol–water partition coefficient (Wildman–Crippen LogP) is 0.292. The average molecular weight is 206 g/mol. The Kier molecular flexibility index (Phi) is 3.18. The van der Waals surface area contributed by atoms with Crippen molar-refractivity contribution >= 4 is 5.82 Å². The van der Waals surface area contributed by atoms with Crippen molar-refractivity contribution in [3.8, 4) is 0 Å². The smallest absolute Gasteiger partial charge is 0.128 e. The Morgan fingerprint density at radius 2 is 2.07 bits per heavy atom. The lowest BCUT2D eigenvalue weighted by molar-refractivity contribution is 0.312. The summed E-state index contributed by atoms with van der Waals surface area (Å²) in [4.78, 5) is 9.04. The van der Waals surface area contributed by atoms with Crippen molar-refractivity contribution in [3.63, 3.8) is 0 Å². The van der Waals surface area contributed by atoms with Crippen LogP contribution in [0.1, 0.15) is 5.56 Å². The first kappa shape index (κ1) is 10.4. The number of rotatable bonds is 2. The van der Waals surface area contributed by atoms with Gasteiger partial charge in [-0.05, 0) is 24.7 Å². The molecule has 2 N–H and O–H groups in total. The van der Waals surface area contributed by atoms with Crippen molar-refractivity contribution in [3.05, 3.63) is 23.9 Å². The molecule has 0 atom stereocenters. The molecule has 4 heteroatoms. The molecule has 0 amide bonds. The van der Waals surface area contributed by atoms with E-state index in [1.165, 1.54) is 0 Å². The van der Waals surface area contributed by atoms with Gasteiger partial charge in [0.2, 0.25) is 0 Å². The molecule has 82 valence electrons. The molecule has 1 aliphatic heterocycles. The second-order valence-electron chi connectivity index (χ2n) is 4.02. The quantitative estimate of drug-likeness (QED) is 0.755. The van der Waals surface area contributed by atoms with Gasteiger partial charge in [0.15, 0.2) is 0 Å². The highest BCUT2D eigenvalue weighted by atomic mass is 15.3. The normalized spacial score (nSPS) is 18.1. The minimum absolute atomic E-state index is 0.587. The van der Waals surface area contributed by atoms with Gasteiger partial charge < -0.3 is 15.5 Å². The molecule has 15 heavy (non-hydrogen) atoms. The van der Waals surface area contributed by atoms with Gasteiger partial charge in [0.05, 0.1) is 0 Å². The summed E-state index contributed by atoms with van der Waals surface area (Å²) in [5.41, 5.74) is 6.77. The molecule has 1 aromatic heterocycles. The largest absolute Gasteiger partial charge is 0.354 e. The zero-order valence-corrected chi connectivity index (χ0v) is 9.19. The standard InChI is InChI=1S/C11H18N4/c1-14-4-6-15(7-5-14)11-8-10(9-12)2-3-13-11/h2-3,8H,4-7,9,12H2,1H3. The highest BCUT2D eigenvalue weighted by Crippen LogP contribution is 2.14. The van der Waals surface area contributed by atoms with Crippen molar-refractivity contribution in [2.45, 2.75) is 6.54 Å². The predicted molar refractivity (Wildman–Crippen MR) is 61.8 cm³/mol. The van der Waals surface area contributed by atoms with Gasteiger partial charge in [0.25, 0.3) is 0 Å². The molecule has 4 nitrogen and oxygen atoms in total. The molecule has 0 aliphatic carbocycles. The summed E-state index contributed by atoms with van der Waals surface area (Å²) in [6, 6.07) is 4.06. The average Bonchev–Trinajstić information content (AvgIpc) is 2.30. The molecular weight excluding hydrogens is 188 g/mol. The number of pyridine rings is 1. The van der Waals surface area contributed by atoms with Crippen LogP contribution >= 0.6 is 0 Å². The highest BCUT2D eigenvalue weighted by molar-refractivity contribution is 5.41. The van der Waals surface area contributed by atoms with Crippen LogP contribution in [0.5, 0.6) is 0 Å². The lowest BCUT2D eigenvalue weighted by atomic mass is 10.2. The van der Waals surface area contributed by atoms with E-state index in [4.69, 9.17) is 5.73 Å². The fourth-order valence-corrected chi connectivity index (χ4v) is 1.80.